The first-order chi connectivity index (χ1) is 5.83. The van der Waals surface area contributed by atoms with Crippen LogP contribution in [0.1, 0.15) is 0 Å². The third-order valence-corrected chi connectivity index (χ3v) is 1.06. The van der Waals surface area contributed by atoms with Gasteiger partial charge >= 0.3 is 0 Å². The predicted octanol–water partition coefficient (Wildman–Crippen LogP) is 0.182. The van der Waals surface area contributed by atoms with E-state index < -0.39 is 12.5 Å². The summed E-state index contributed by atoms with van der Waals surface area (Å²) in [5.41, 5.74) is 0. The lowest BCUT2D eigenvalue weighted by atomic mass is 10.5. The van der Waals surface area contributed by atoms with Gasteiger partial charge in [0.25, 0.3) is 5.91 Å². The maximum atomic E-state index is 10.7. The number of anilines is 1. The molecule has 0 spiro atoms. The fourth-order valence-electron chi connectivity index (χ4n) is 0.606. The molecule has 0 atom stereocenters. The molecule has 0 aliphatic carbocycles. The van der Waals surface area contributed by atoms with Gasteiger partial charge in [-0.15, -0.1) is 0 Å². The zero-order valence-electron chi connectivity index (χ0n) is 6.10. The number of carbonyl (C=O) groups is 1. The van der Waals surface area contributed by atoms with E-state index in [1.165, 1.54) is 18.6 Å². The van der Waals surface area contributed by atoms with E-state index in [4.69, 9.17) is 0 Å². The average molecular weight is 166 g/mol. The number of nitrogens with one attached hydrogen (secondary N) is 1. The SMILES string of the molecule is O=NCC(=O)Nc1ccncn1. The molecule has 0 aromatic carbocycles. The van der Waals surface area contributed by atoms with Crippen molar-refractivity contribution in [3.63, 3.8) is 0 Å². The van der Waals surface area contributed by atoms with E-state index >= 15 is 0 Å². The van der Waals surface area contributed by atoms with Crippen molar-refractivity contribution in [2.75, 3.05) is 11.9 Å². The lowest BCUT2D eigenvalue weighted by Gasteiger charge is -1.98. The number of amides is 1. The molecule has 0 aliphatic heterocycles. The summed E-state index contributed by atoms with van der Waals surface area (Å²) in [5.74, 6) is -0.123. The van der Waals surface area contributed by atoms with Gasteiger partial charge in [0, 0.05) is 6.20 Å². The van der Waals surface area contributed by atoms with Gasteiger partial charge in [-0.2, -0.15) is 4.91 Å². The molecule has 0 unspecified atom stereocenters. The summed E-state index contributed by atoms with van der Waals surface area (Å²) < 4.78 is 0. The van der Waals surface area contributed by atoms with Crippen molar-refractivity contribution in [1.29, 1.82) is 0 Å². The second kappa shape index (κ2) is 4.12. The van der Waals surface area contributed by atoms with Gasteiger partial charge in [0.15, 0.2) is 6.54 Å². The standard InChI is InChI=1S/C6H6N4O2/c11-6(3-9-12)10-5-1-2-7-4-8-5/h1-2,4H,3H2,(H,7,8,10,11). The Morgan fingerprint density at radius 3 is 3.08 bits per heavy atom. The first kappa shape index (κ1) is 8.25. The molecule has 0 saturated heterocycles. The summed E-state index contributed by atoms with van der Waals surface area (Å²) in [6, 6.07) is 1.52. The smallest absolute Gasteiger partial charge is 0.250 e. The lowest BCUT2D eigenvalue weighted by molar-refractivity contribution is -0.114. The number of aromatic nitrogens is 2. The average Bonchev–Trinajstić information content (AvgIpc) is 2.06. The zero-order valence-corrected chi connectivity index (χ0v) is 6.10. The number of hydrogen-bond acceptors (Lipinski definition) is 5. The molecular weight excluding hydrogens is 160 g/mol. The maximum Gasteiger partial charge on any atom is 0.250 e. The molecule has 0 bridgehead atoms. The van der Waals surface area contributed by atoms with Crippen LogP contribution in [0.2, 0.25) is 0 Å². The minimum absolute atomic E-state index is 0.360. The van der Waals surface area contributed by atoms with E-state index in [9.17, 15) is 9.70 Å². The van der Waals surface area contributed by atoms with E-state index in [1.807, 2.05) is 0 Å². The van der Waals surface area contributed by atoms with Crippen molar-refractivity contribution in [1.82, 2.24) is 9.97 Å². The van der Waals surface area contributed by atoms with Crippen LogP contribution in [0.3, 0.4) is 0 Å². The maximum absolute atomic E-state index is 10.7. The van der Waals surface area contributed by atoms with E-state index in [2.05, 4.69) is 20.5 Å². The second-order valence-electron chi connectivity index (χ2n) is 1.93. The molecule has 0 fully saturated rings. The van der Waals surface area contributed by atoms with Crippen LogP contribution in [0, 0.1) is 4.91 Å². The van der Waals surface area contributed by atoms with Crippen molar-refractivity contribution in [3.05, 3.63) is 23.5 Å². The van der Waals surface area contributed by atoms with Crippen LogP contribution in [0.15, 0.2) is 23.8 Å². The molecule has 0 aliphatic rings. The number of rotatable bonds is 3. The summed E-state index contributed by atoms with van der Waals surface area (Å²) in [4.78, 5) is 27.8. The van der Waals surface area contributed by atoms with Gasteiger partial charge in [0.05, 0.1) is 0 Å². The first-order valence-electron chi connectivity index (χ1n) is 3.18. The van der Waals surface area contributed by atoms with Crippen molar-refractivity contribution < 1.29 is 4.79 Å². The Bertz CT molecular complexity index is 274. The summed E-state index contributed by atoms with van der Waals surface area (Å²) in [5, 5.41) is 4.79. The van der Waals surface area contributed by atoms with E-state index in [-0.39, 0.29) is 0 Å². The van der Waals surface area contributed by atoms with Gasteiger partial charge in [-0.25, -0.2) is 9.97 Å². The molecule has 0 radical (unpaired) electrons. The summed E-state index contributed by atoms with van der Waals surface area (Å²) in [6.07, 6.45) is 2.78. The molecular formula is C6H6N4O2. The minimum Gasteiger partial charge on any atom is -0.309 e. The number of nitrogens with zero attached hydrogens (tertiary/aromatic N) is 3. The van der Waals surface area contributed by atoms with Crippen LogP contribution in [-0.2, 0) is 4.79 Å². The number of nitroso groups, excluding NO2 is 1. The van der Waals surface area contributed by atoms with Crippen LogP contribution in [0.5, 0.6) is 0 Å². The zero-order chi connectivity index (χ0) is 8.81. The number of hydrogen-bond donors (Lipinski definition) is 1. The third kappa shape index (κ3) is 2.41. The molecule has 1 amide bonds. The fourth-order valence-corrected chi connectivity index (χ4v) is 0.606. The van der Waals surface area contributed by atoms with Crippen LogP contribution in [0.4, 0.5) is 5.82 Å². The molecule has 1 aromatic heterocycles. The summed E-state index contributed by atoms with van der Waals surface area (Å²) in [7, 11) is 0. The quantitative estimate of drug-likeness (QED) is 0.649. The van der Waals surface area contributed by atoms with Gasteiger partial charge in [-0.05, 0) is 6.07 Å². The molecule has 62 valence electrons. The van der Waals surface area contributed by atoms with Crippen LogP contribution in [-0.4, -0.2) is 22.4 Å². The topological polar surface area (TPSA) is 84.3 Å². The van der Waals surface area contributed by atoms with Crippen molar-refractivity contribution >= 4 is 11.7 Å². The molecule has 1 rings (SSSR count). The molecule has 6 nitrogen and oxygen atoms in total. The Morgan fingerprint density at radius 2 is 2.50 bits per heavy atom. The molecule has 6 heteroatoms. The highest BCUT2D eigenvalue weighted by atomic mass is 16.3. The molecule has 12 heavy (non-hydrogen) atoms. The highest BCUT2D eigenvalue weighted by molar-refractivity contribution is 5.91. The monoisotopic (exact) mass is 166 g/mol. The normalized spacial score (nSPS) is 9.00. The highest BCUT2D eigenvalue weighted by Crippen LogP contribution is 1.96. The Labute approximate surface area is 68.0 Å². The Morgan fingerprint density at radius 1 is 1.67 bits per heavy atom. The van der Waals surface area contributed by atoms with Gasteiger partial charge in [-0.3, -0.25) is 4.79 Å². The van der Waals surface area contributed by atoms with E-state index in [1.54, 1.807) is 0 Å². The van der Waals surface area contributed by atoms with E-state index in [0.717, 1.165) is 0 Å². The van der Waals surface area contributed by atoms with Gasteiger partial charge in [-0.1, -0.05) is 5.18 Å². The lowest BCUT2D eigenvalue weighted by Crippen LogP contribution is -2.15. The largest absolute Gasteiger partial charge is 0.309 e. The predicted molar refractivity (Wildman–Crippen MR) is 41.3 cm³/mol. The second-order valence-corrected chi connectivity index (χ2v) is 1.93. The van der Waals surface area contributed by atoms with Crippen LogP contribution >= 0.6 is 0 Å². The van der Waals surface area contributed by atoms with E-state index in [0.29, 0.717) is 5.82 Å². The Balaban J connectivity index is 2.52. The van der Waals surface area contributed by atoms with Crippen molar-refractivity contribution in [2.45, 2.75) is 0 Å². The van der Waals surface area contributed by atoms with Crippen molar-refractivity contribution in [2.24, 2.45) is 5.18 Å². The van der Waals surface area contributed by atoms with Crippen LogP contribution in [0.25, 0.3) is 0 Å². The number of carbonyl (C=O) groups excluding carboxylic acids is 1. The molecule has 1 heterocycles. The van der Waals surface area contributed by atoms with Gasteiger partial charge < -0.3 is 5.32 Å². The molecule has 0 saturated carbocycles. The third-order valence-electron chi connectivity index (χ3n) is 1.06. The Kier molecular flexibility index (Phi) is 2.83. The summed E-state index contributed by atoms with van der Waals surface area (Å²) >= 11 is 0. The molecule has 1 N–H and O–H groups in total. The van der Waals surface area contributed by atoms with Crippen LogP contribution < -0.4 is 5.32 Å². The Hall–Kier alpha value is -1.85. The fraction of sp³-hybridized carbons (Fsp3) is 0.167. The van der Waals surface area contributed by atoms with Crippen molar-refractivity contribution in [3.8, 4) is 0 Å². The molecule has 1 aromatic rings. The first-order valence-corrected chi connectivity index (χ1v) is 3.18. The van der Waals surface area contributed by atoms with Gasteiger partial charge in [0.2, 0.25) is 0 Å². The highest BCUT2D eigenvalue weighted by Gasteiger charge is 2.00. The summed E-state index contributed by atoms with van der Waals surface area (Å²) in [6.45, 7) is -0.399. The minimum atomic E-state index is -0.483. The van der Waals surface area contributed by atoms with Gasteiger partial charge in [0.1, 0.15) is 12.1 Å².